The topological polar surface area (TPSA) is 59.4 Å². The van der Waals surface area contributed by atoms with E-state index in [-0.39, 0.29) is 5.33 Å². The zero-order valence-corrected chi connectivity index (χ0v) is 10.4. The molecule has 0 aliphatic heterocycles. The van der Waals surface area contributed by atoms with Crippen LogP contribution in [-0.4, -0.2) is 22.4 Å². The average Bonchev–Trinajstić information content (AvgIpc) is 2.25. The third-order valence-electron chi connectivity index (χ3n) is 1.98. The zero-order valence-electron chi connectivity index (χ0n) is 8.84. The van der Waals surface area contributed by atoms with Crippen molar-refractivity contribution >= 4 is 21.9 Å². The lowest BCUT2D eigenvalue weighted by molar-refractivity contribution is -0.276. The van der Waals surface area contributed by atoms with Crippen LogP contribution in [0.1, 0.15) is 27.9 Å². The number of aromatic carboxylic acids is 1. The number of pyridine rings is 1. The van der Waals surface area contributed by atoms with Gasteiger partial charge >= 0.3 is 12.3 Å². The molecule has 1 rings (SSSR count). The van der Waals surface area contributed by atoms with Crippen LogP contribution in [0.25, 0.3) is 0 Å². The van der Waals surface area contributed by atoms with E-state index in [2.05, 4.69) is 25.7 Å². The first-order chi connectivity index (χ1) is 8.67. The highest BCUT2D eigenvalue weighted by Crippen LogP contribution is 2.33. The van der Waals surface area contributed by atoms with Crippen molar-refractivity contribution in [2.45, 2.75) is 18.1 Å². The van der Waals surface area contributed by atoms with Crippen LogP contribution in [0.5, 0.6) is 5.88 Å². The Morgan fingerprint density at radius 1 is 1.47 bits per heavy atom. The van der Waals surface area contributed by atoms with Gasteiger partial charge in [0.2, 0.25) is 5.88 Å². The highest BCUT2D eigenvalue weighted by atomic mass is 79.9. The van der Waals surface area contributed by atoms with Gasteiger partial charge in [0, 0.05) is 17.1 Å². The number of aromatic nitrogens is 1. The molecule has 0 unspecified atom stereocenters. The van der Waals surface area contributed by atoms with E-state index in [9.17, 15) is 26.7 Å². The zero-order chi connectivity index (χ0) is 14.8. The van der Waals surface area contributed by atoms with Gasteiger partial charge in [-0.25, -0.2) is 18.6 Å². The van der Waals surface area contributed by atoms with Crippen molar-refractivity contribution in [3.63, 3.8) is 0 Å². The quantitative estimate of drug-likeness (QED) is 0.667. The largest absolute Gasteiger partial charge is 0.574 e. The molecule has 1 aromatic heterocycles. The van der Waals surface area contributed by atoms with E-state index >= 15 is 0 Å². The fraction of sp³-hybridized carbons (Fsp3) is 0.333. The summed E-state index contributed by atoms with van der Waals surface area (Å²) < 4.78 is 64.8. The van der Waals surface area contributed by atoms with Crippen LogP contribution >= 0.6 is 15.9 Å². The van der Waals surface area contributed by atoms with Crippen LogP contribution < -0.4 is 4.74 Å². The van der Waals surface area contributed by atoms with Crippen LogP contribution in [0.2, 0.25) is 0 Å². The molecule has 19 heavy (non-hydrogen) atoms. The molecule has 0 saturated carbocycles. The molecular weight excluding hydrogens is 345 g/mol. The van der Waals surface area contributed by atoms with Gasteiger partial charge in [-0.15, -0.1) is 13.2 Å². The minimum absolute atomic E-state index is 0.384. The maximum absolute atomic E-state index is 12.6. The normalized spacial score (nSPS) is 11.7. The third-order valence-corrected chi connectivity index (χ3v) is 2.54. The van der Waals surface area contributed by atoms with Crippen molar-refractivity contribution in [2.24, 2.45) is 0 Å². The van der Waals surface area contributed by atoms with Crippen molar-refractivity contribution in [1.29, 1.82) is 0 Å². The molecule has 0 bridgehead atoms. The SMILES string of the molecule is O=C(O)c1c(OC(F)(F)F)ncc(C(F)F)c1CBr. The van der Waals surface area contributed by atoms with Gasteiger partial charge in [-0.1, -0.05) is 15.9 Å². The van der Waals surface area contributed by atoms with Crippen molar-refractivity contribution < 1.29 is 36.6 Å². The summed E-state index contributed by atoms with van der Waals surface area (Å²) in [5.41, 5.74) is -2.34. The summed E-state index contributed by atoms with van der Waals surface area (Å²) in [5, 5.41) is 8.44. The smallest absolute Gasteiger partial charge is 0.477 e. The molecule has 1 aromatic rings. The van der Waals surface area contributed by atoms with Gasteiger partial charge in [-0.2, -0.15) is 0 Å². The number of carboxylic acid groups (broad SMARTS) is 1. The lowest BCUT2D eigenvalue weighted by Gasteiger charge is -2.14. The van der Waals surface area contributed by atoms with Crippen LogP contribution in [0.4, 0.5) is 22.0 Å². The molecule has 0 aliphatic rings. The summed E-state index contributed by atoms with van der Waals surface area (Å²) >= 11 is 2.75. The van der Waals surface area contributed by atoms with E-state index < -0.39 is 41.3 Å². The Bertz CT molecular complexity index is 491. The maximum Gasteiger partial charge on any atom is 0.574 e. The second kappa shape index (κ2) is 5.68. The number of nitrogens with zero attached hydrogens (tertiary/aromatic N) is 1. The van der Waals surface area contributed by atoms with Gasteiger partial charge in [-0.3, -0.25) is 0 Å². The number of hydrogen-bond acceptors (Lipinski definition) is 3. The van der Waals surface area contributed by atoms with E-state index in [4.69, 9.17) is 5.11 Å². The van der Waals surface area contributed by atoms with Crippen LogP contribution in [0.3, 0.4) is 0 Å². The Balaban J connectivity index is 3.46. The highest BCUT2D eigenvalue weighted by Gasteiger charge is 2.35. The molecule has 0 aliphatic carbocycles. The summed E-state index contributed by atoms with van der Waals surface area (Å²) in [4.78, 5) is 13.9. The molecule has 0 aromatic carbocycles. The van der Waals surface area contributed by atoms with Crippen molar-refractivity contribution in [2.75, 3.05) is 0 Å². The monoisotopic (exact) mass is 349 g/mol. The number of alkyl halides is 6. The van der Waals surface area contributed by atoms with Gasteiger partial charge in [0.25, 0.3) is 6.43 Å². The first-order valence-corrected chi connectivity index (χ1v) is 5.64. The minimum Gasteiger partial charge on any atom is -0.477 e. The van der Waals surface area contributed by atoms with E-state index in [1.165, 1.54) is 0 Å². The Kier molecular flexibility index (Phi) is 4.66. The molecule has 0 radical (unpaired) electrons. The van der Waals surface area contributed by atoms with Crippen LogP contribution in [0.15, 0.2) is 6.20 Å². The fourth-order valence-electron chi connectivity index (χ4n) is 1.28. The minimum atomic E-state index is -5.17. The summed E-state index contributed by atoms with van der Waals surface area (Å²) in [6, 6.07) is 0. The van der Waals surface area contributed by atoms with Crippen LogP contribution in [-0.2, 0) is 5.33 Å². The second-order valence-electron chi connectivity index (χ2n) is 3.16. The molecule has 0 atom stereocenters. The summed E-state index contributed by atoms with van der Waals surface area (Å²) in [7, 11) is 0. The lowest BCUT2D eigenvalue weighted by Crippen LogP contribution is -2.21. The second-order valence-corrected chi connectivity index (χ2v) is 3.72. The van der Waals surface area contributed by atoms with Gasteiger partial charge in [0.1, 0.15) is 5.56 Å². The number of carbonyl (C=O) groups is 1. The van der Waals surface area contributed by atoms with E-state index in [1.54, 1.807) is 0 Å². The van der Waals surface area contributed by atoms with Gasteiger partial charge in [-0.05, 0) is 5.56 Å². The first kappa shape index (κ1) is 15.6. The molecule has 0 spiro atoms. The molecular formula is C9H5BrF5NO3. The molecule has 1 heterocycles. The van der Waals surface area contributed by atoms with Crippen LogP contribution in [0, 0.1) is 0 Å². The van der Waals surface area contributed by atoms with Crippen molar-refractivity contribution in [3.05, 3.63) is 22.9 Å². The summed E-state index contributed by atoms with van der Waals surface area (Å²) in [6.07, 6.45) is -7.79. The maximum atomic E-state index is 12.6. The number of rotatable bonds is 4. The van der Waals surface area contributed by atoms with E-state index in [0.717, 1.165) is 0 Å². The number of halogens is 6. The number of ether oxygens (including phenoxy) is 1. The molecule has 4 nitrogen and oxygen atoms in total. The Morgan fingerprint density at radius 3 is 2.42 bits per heavy atom. The number of carboxylic acids is 1. The molecule has 0 saturated heterocycles. The Morgan fingerprint density at radius 2 is 2.05 bits per heavy atom. The first-order valence-electron chi connectivity index (χ1n) is 4.52. The van der Waals surface area contributed by atoms with Gasteiger partial charge in [0.05, 0.1) is 0 Å². The molecule has 0 amide bonds. The van der Waals surface area contributed by atoms with E-state index in [1.807, 2.05) is 0 Å². The number of hydrogen-bond donors (Lipinski definition) is 1. The summed E-state index contributed by atoms with van der Waals surface area (Å²) in [6.45, 7) is 0. The summed E-state index contributed by atoms with van der Waals surface area (Å²) in [5.74, 6) is -3.12. The lowest BCUT2D eigenvalue weighted by atomic mass is 10.1. The fourth-order valence-corrected chi connectivity index (χ4v) is 1.89. The Labute approximate surface area is 111 Å². The average molecular weight is 350 g/mol. The van der Waals surface area contributed by atoms with Crippen molar-refractivity contribution in [1.82, 2.24) is 4.98 Å². The standard InChI is InChI=1S/C9H5BrF5NO3/c10-1-3-4(6(11)12)2-16-7(5(3)8(17)18)19-9(13,14)15/h2,6H,1H2,(H,17,18). The predicted octanol–water partition coefficient (Wildman–Crippen LogP) is 3.51. The highest BCUT2D eigenvalue weighted by molar-refractivity contribution is 9.08. The molecule has 1 N–H and O–H groups in total. The van der Waals surface area contributed by atoms with Gasteiger partial charge < -0.3 is 9.84 Å². The van der Waals surface area contributed by atoms with Gasteiger partial charge in [0.15, 0.2) is 0 Å². The predicted molar refractivity (Wildman–Crippen MR) is 55.5 cm³/mol. The molecule has 0 fully saturated rings. The molecule has 106 valence electrons. The molecule has 10 heteroatoms. The Hall–Kier alpha value is -1.45. The van der Waals surface area contributed by atoms with Crippen molar-refractivity contribution in [3.8, 4) is 5.88 Å². The third kappa shape index (κ3) is 3.75. The van der Waals surface area contributed by atoms with E-state index in [0.29, 0.717) is 6.20 Å².